The van der Waals surface area contributed by atoms with Gasteiger partial charge in [-0.1, -0.05) is 117 Å². The van der Waals surface area contributed by atoms with Gasteiger partial charge in [0, 0.05) is 61.3 Å². The fraction of sp³-hybridized carbons (Fsp3) is 0.405. The Labute approximate surface area is 394 Å². The molecule has 61 heavy (non-hydrogen) atoms. The van der Waals surface area contributed by atoms with Crippen molar-refractivity contribution in [2.45, 2.75) is 82.6 Å². The molecule has 19 heteroatoms. The third-order valence-corrected chi connectivity index (χ3v) is 11.7. The van der Waals surface area contributed by atoms with Crippen molar-refractivity contribution in [3.05, 3.63) is 135 Å². The Kier molecular flexibility index (Phi) is 20.3. The lowest BCUT2D eigenvalue weighted by molar-refractivity contribution is -0.180. The highest BCUT2D eigenvalue weighted by molar-refractivity contribution is 6.36. The summed E-state index contributed by atoms with van der Waals surface area (Å²) in [6, 6.07) is 20.6. The van der Waals surface area contributed by atoms with Crippen LogP contribution in [0.2, 0.25) is 40.2 Å². The molecular weight excluding hydrogens is 964 g/mol. The lowest BCUT2D eigenvalue weighted by Crippen LogP contribution is -2.40. The summed E-state index contributed by atoms with van der Waals surface area (Å²) in [5.74, 6) is -0.478. The molecule has 8 atom stereocenters. The van der Waals surface area contributed by atoms with Gasteiger partial charge in [-0.15, -0.1) is 0 Å². The minimum atomic E-state index is -0.973. The smallest absolute Gasteiger partial charge is 0.303 e. The number of benzene rings is 4. The number of ether oxygens (including phenoxy) is 9. The molecule has 0 aromatic heterocycles. The van der Waals surface area contributed by atoms with Gasteiger partial charge in [0.25, 0.3) is 0 Å². The molecule has 4 aromatic carbocycles. The molecule has 2 saturated heterocycles. The summed E-state index contributed by atoms with van der Waals surface area (Å²) in [6.07, 6.45) is -5.79. The monoisotopic (exact) mass is 1000 g/mol. The van der Waals surface area contributed by atoms with Gasteiger partial charge in [-0.3, -0.25) is 4.79 Å². The SMILES string of the molecule is CO[C@H]1O[C@H](COCc2ccc(Cl)cc2Cl)[C@@H](OCc2ccc(Cl)cc2Cl)[C@H]1O.CO[C@H]1O[C@H](COCc2ccc(Cl)cc2Cl)[C@@H](OCc2ccc(Cl)cc2Cl)[C@H]1OC(C)=O. The number of carbonyl (C=O) groups excluding carboxylic acids is 1. The van der Waals surface area contributed by atoms with Crippen LogP contribution in [-0.4, -0.2) is 87.7 Å². The highest BCUT2D eigenvalue weighted by Crippen LogP contribution is 2.32. The van der Waals surface area contributed by atoms with Crippen molar-refractivity contribution in [3.8, 4) is 0 Å². The first-order chi connectivity index (χ1) is 29.2. The third kappa shape index (κ3) is 14.7. The van der Waals surface area contributed by atoms with Crippen molar-refractivity contribution in [2.75, 3.05) is 27.4 Å². The van der Waals surface area contributed by atoms with Gasteiger partial charge in [0.15, 0.2) is 18.7 Å². The molecule has 0 saturated carbocycles. The zero-order valence-corrected chi connectivity index (χ0v) is 38.9. The van der Waals surface area contributed by atoms with E-state index in [0.29, 0.717) is 40.2 Å². The molecule has 11 nitrogen and oxygen atoms in total. The molecule has 0 amide bonds. The predicted molar refractivity (Wildman–Crippen MR) is 235 cm³/mol. The number of carbonyl (C=O) groups is 1. The highest BCUT2D eigenvalue weighted by Gasteiger charge is 2.48. The number of aliphatic hydroxyl groups excluding tert-OH is 1. The first kappa shape index (κ1) is 50.3. The summed E-state index contributed by atoms with van der Waals surface area (Å²) in [5.41, 5.74) is 3.05. The van der Waals surface area contributed by atoms with Gasteiger partial charge in [0.05, 0.1) is 39.6 Å². The molecule has 0 unspecified atom stereocenters. The molecule has 0 spiro atoms. The Morgan fingerprint density at radius 2 is 0.902 bits per heavy atom. The molecule has 1 N–H and O–H groups in total. The normalized spacial score (nSPS) is 23.5. The average Bonchev–Trinajstić information content (AvgIpc) is 3.69. The van der Waals surface area contributed by atoms with Crippen LogP contribution in [0.25, 0.3) is 0 Å². The van der Waals surface area contributed by atoms with E-state index in [1.54, 1.807) is 72.8 Å². The van der Waals surface area contributed by atoms with Gasteiger partial charge in [0.1, 0.15) is 30.5 Å². The lowest BCUT2D eigenvalue weighted by atomic mass is 10.1. The predicted octanol–water partition coefficient (Wildman–Crippen LogP) is 10.8. The van der Waals surface area contributed by atoms with Crippen LogP contribution in [0.5, 0.6) is 0 Å². The fourth-order valence-corrected chi connectivity index (χ4v) is 8.12. The zero-order chi connectivity index (χ0) is 44.2. The molecule has 0 bridgehead atoms. The molecule has 6 rings (SSSR count). The lowest BCUT2D eigenvalue weighted by Gasteiger charge is -2.24. The Balaban J connectivity index is 0.000000232. The third-order valence-electron chi connectivity index (χ3n) is 9.33. The summed E-state index contributed by atoms with van der Waals surface area (Å²) in [7, 11) is 2.92. The van der Waals surface area contributed by atoms with Crippen LogP contribution in [0, 0.1) is 0 Å². The second-order valence-corrected chi connectivity index (χ2v) is 17.0. The van der Waals surface area contributed by atoms with Crippen LogP contribution in [-0.2, 0) is 73.9 Å². The van der Waals surface area contributed by atoms with Gasteiger partial charge in [-0.2, -0.15) is 0 Å². The minimum absolute atomic E-state index is 0.148. The van der Waals surface area contributed by atoms with E-state index in [1.165, 1.54) is 21.1 Å². The molecule has 0 aliphatic carbocycles. The Bertz CT molecular complexity index is 2060. The van der Waals surface area contributed by atoms with Crippen molar-refractivity contribution in [1.29, 1.82) is 0 Å². The van der Waals surface area contributed by atoms with E-state index in [2.05, 4.69) is 0 Å². The first-order valence-corrected chi connectivity index (χ1v) is 21.6. The standard InChI is InChI=1S/C22H22Cl4O6.C20H20Cl4O5/c1-12(27)31-21-20(30-10-14-4-6-16(24)8-18(14)26)19(32-22(21)28-2)11-29-9-13-3-5-15(23)7-17(13)25;1-26-20-18(25)19(28-9-12-3-5-14(22)7-16(12)24)17(29-20)10-27-8-11-2-4-13(21)6-15(11)23/h3-8,19-22H,9-11H2,1-2H3;2-7,17-20,25H,8-10H2,1H3/t19-,20-,21-,22+;17-,18-,19-,20+/m11/s1. The molecule has 332 valence electrons. The summed E-state index contributed by atoms with van der Waals surface area (Å²) in [6.45, 7) is 2.46. The Morgan fingerprint density at radius 1 is 0.541 bits per heavy atom. The van der Waals surface area contributed by atoms with Gasteiger partial charge < -0.3 is 47.7 Å². The number of halogens is 8. The van der Waals surface area contributed by atoms with Gasteiger partial charge in [-0.05, 0) is 70.8 Å². The molecule has 4 aromatic rings. The van der Waals surface area contributed by atoms with E-state index in [0.717, 1.165) is 22.3 Å². The Morgan fingerprint density at radius 3 is 1.28 bits per heavy atom. The van der Waals surface area contributed by atoms with Crippen molar-refractivity contribution in [2.24, 2.45) is 0 Å². The van der Waals surface area contributed by atoms with E-state index >= 15 is 0 Å². The molecule has 2 aliphatic rings. The maximum Gasteiger partial charge on any atom is 0.303 e. The molecule has 2 heterocycles. The van der Waals surface area contributed by atoms with Crippen LogP contribution in [0.3, 0.4) is 0 Å². The van der Waals surface area contributed by atoms with Gasteiger partial charge in [0.2, 0.25) is 0 Å². The average molecular weight is 1010 g/mol. The number of esters is 1. The topological polar surface area (TPSA) is 120 Å². The second kappa shape index (κ2) is 24.6. The van der Waals surface area contributed by atoms with Gasteiger partial charge >= 0.3 is 5.97 Å². The van der Waals surface area contributed by atoms with Gasteiger partial charge in [-0.25, -0.2) is 0 Å². The van der Waals surface area contributed by atoms with Crippen LogP contribution < -0.4 is 0 Å². The Hall–Kier alpha value is -1.69. The van der Waals surface area contributed by atoms with E-state index in [-0.39, 0.29) is 39.6 Å². The highest BCUT2D eigenvalue weighted by atomic mass is 35.5. The van der Waals surface area contributed by atoms with E-state index < -0.39 is 55.2 Å². The van der Waals surface area contributed by atoms with Crippen molar-refractivity contribution < 1.29 is 52.5 Å². The minimum Gasteiger partial charge on any atom is -0.454 e. The molecule has 2 fully saturated rings. The summed E-state index contributed by atoms with van der Waals surface area (Å²) >= 11 is 48.5. The van der Waals surface area contributed by atoms with Crippen LogP contribution in [0.15, 0.2) is 72.8 Å². The maximum absolute atomic E-state index is 11.7. The zero-order valence-electron chi connectivity index (χ0n) is 32.8. The van der Waals surface area contributed by atoms with E-state index in [4.69, 9.17) is 135 Å². The van der Waals surface area contributed by atoms with Crippen molar-refractivity contribution in [1.82, 2.24) is 0 Å². The molecule has 2 aliphatic heterocycles. The van der Waals surface area contributed by atoms with E-state index in [1.807, 2.05) is 0 Å². The largest absolute Gasteiger partial charge is 0.454 e. The second-order valence-electron chi connectivity index (χ2n) is 13.6. The first-order valence-electron chi connectivity index (χ1n) is 18.5. The van der Waals surface area contributed by atoms with Crippen LogP contribution in [0.1, 0.15) is 29.2 Å². The summed E-state index contributed by atoms with van der Waals surface area (Å²) in [5, 5.41) is 14.6. The molecular formula is C42H42Cl8O11. The number of hydrogen-bond acceptors (Lipinski definition) is 11. The molecule has 0 radical (unpaired) electrons. The quantitative estimate of drug-likeness (QED) is 0.102. The van der Waals surface area contributed by atoms with Crippen molar-refractivity contribution >= 4 is 98.8 Å². The number of hydrogen-bond donors (Lipinski definition) is 1. The number of rotatable bonds is 17. The summed E-state index contributed by atoms with van der Waals surface area (Å²) in [4.78, 5) is 11.7. The maximum atomic E-state index is 11.7. The number of methoxy groups -OCH3 is 2. The number of aliphatic hydroxyl groups is 1. The summed E-state index contributed by atoms with van der Waals surface area (Å²) < 4.78 is 51.2. The van der Waals surface area contributed by atoms with Crippen molar-refractivity contribution in [3.63, 3.8) is 0 Å². The van der Waals surface area contributed by atoms with Crippen LogP contribution in [0.4, 0.5) is 0 Å². The van der Waals surface area contributed by atoms with Crippen LogP contribution >= 0.6 is 92.8 Å². The van der Waals surface area contributed by atoms with E-state index in [9.17, 15) is 9.90 Å². The fourth-order valence-electron chi connectivity index (χ4n) is 6.27.